The quantitative estimate of drug-likeness (QED) is 0.879. The fourth-order valence-electron chi connectivity index (χ4n) is 3.81. The summed E-state index contributed by atoms with van der Waals surface area (Å²) in [6, 6.07) is 0. The third-order valence-corrected chi connectivity index (χ3v) is 5.84. The smallest absolute Gasteiger partial charge is 0.0830 e. The highest BCUT2D eigenvalue weighted by Crippen LogP contribution is 2.44. The third-order valence-electron chi connectivity index (χ3n) is 4.96. The summed E-state index contributed by atoms with van der Waals surface area (Å²) in [6.45, 7) is 2.93. The molecule has 0 amide bonds. The van der Waals surface area contributed by atoms with Gasteiger partial charge in [0, 0.05) is 6.61 Å². The van der Waals surface area contributed by atoms with Gasteiger partial charge in [-0.05, 0) is 60.4 Å². The van der Waals surface area contributed by atoms with Crippen LogP contribution < -0.4 is 0 Å². The Labute approximate surface area is 119 Å². The zero-order chi connectivity index (χ0) is 13.3. The lowest BCUT2D eigenvalue weighted by Crippen LogP contribution is -2.42. The van der Waals surface area contributed by atoms with Gasteiger partial charge in [-0.15, -0.1) is 0 Å². The Bertz CT molecular complexity index is 415. The van der Waals surface area contributed by atoms with Crippen molar-refractivity contribution in [1.82, 2.24) is 0 Å². The van der Waals surface area contributed by atoms with E-state index in [1.165, 1.54) is 37.7 Å². The molecule has 1 aliphatic carbocycles. The Morgan fingerprint density at radius 3 is 2.79 bits per heavy atom. The zero-order valence-corrected chi connectivity index (χ0v) is 12.5. The van der Waals surface area contributed by atoms with Crippen LogP contribution in [0.1, 0.15) is 62.2 Å². The summed E-state index contributed by atoms with van der Waals surface area (Å²) in [7, 11) is 0. The Balaban J connectivity index is 1.72. The van der Waals surface area contributed by atoms with Crippen molar-refractivity contribution in [2.24, 2.45) is 5.92 Å². The van der Waals surface area contributed by atoms with Crippen molar-refractivity contribution < 1.29 is 9.84 Å². The Morgan fingerprint density at radius 1 is 1.32 bits per heavy atom. The molecule has 2 atom stereocenters. The maximum Gasteiger partial charge on any atom is 0.0830 e. The van der Waals surface area contributed by atoms with E-state index in [1.54, 1.807) is 11.3 Å². The van der Waals surface area contributed by atoms with Gasteiger partial charge in [0.15, 0.2) is 0 Å². The van der Waals surface area contributed by atoms with E-state index in [4.69, 9.17) is 4.74 Å². The lowest BCUT2D eigenvalue weighted by Gasteiger charge is -2.44. The van der Waals surface area contributed by atoms with Crippen molar-refractivity contribution in [2.45, 2.75) is 63.6 Å². The summed E-state index contributed by atoms with van der Waals surface area (Å²) in [5.74, 6) is 0.375. The molecule has 2 nitrogen and oxygen atoms in total. The van der Waals surface area contributed by atoms with E-state index in [0.29, 0.717) is 5.92 Å². The van der Waals surface area contributed by atoms with Crippen LogP contribution >= 0.6 is 11.3 Å². The van der Waals surface area contributed by atoms with E-state index in [9.17, 15) is 5.11 Å². The van der Waals surface area contributed by atoms with E-state index < -0.39 is 0 Å². The van der Waals surface area contributed by atoms with Crippen LogP contribution in [0.2, 0.25) is 0 Å². The molecule has 1 spiro atoms. The van der Waals surface area contributed by atoms with Gasteiger partial charge in [-0.25, -0.2) is 0 Å². The molecule has 1 N–H and O–H groups in total. The summed E-state index contributed by atoms with van der Waals surface area (Å²) >= 11 is 1.69. The van der Waals surface area contributed by atoms with Crippen molar-refractivity contribution in [3.8, 4) is 0 Å². The largest absolute Gasteiger partial charge is 0.388 e. The molecule has 2 aliphatic rings. The van der Waals surface area contributed by atoms with Crippen LogP contribution in [0.4, 0.5) is 0 Å². The second kappa shape index (κ2) is 5.55. The monoisotopic (exact) mass is 280 g/mol. The highest BCUT2D eigenvalue weighted by atomic mass is 32.1. The summed E-state index contributed by atoms with van der Waals surface area (Å²) in [6.07, 6.45) is 8.07. The average molecular weight is 280 g/mol. The van der Waals surface area contributed by atoms with Gasteiger partial charge in [0.2, 0.25) is 0 Å². The topological polar surface area (TPSA) is 29.5 Å². The van der Waals surface area contributed by atoms with E-state index in [2.05, 4.69) is 17.7 Å². The number of rotatable bonds is 2. The maximum atomic E-state index is 10.7. The van der Waals surface area contributed by atoms with Crippen molar-refractivity contribution in [3.05, 3.63) is 21.9 Å². The normalized spacial score (nSPS) is 28.4. The van der Waals surface area contributed by atoms with Gasteiger partial charge in [0.05, 0.1) is 11.7 Å². The second-order valence-electron chi connectivity index (χ2n) is 6.30. The first-order valence-corrected chi connectivity index (χ1v) is 8.49. The molecular formula is C16H24O2S. The minimum atomic E-state index is -0.297. The molecule has 2 unspecified atom stereocenters. The number of aliphatic hydroxyl groups is 1. The first-order valence-electron chi connectivity index (χ1n) is 7.55. The van der Waals surface area contributed by atoms with Crippen molar-refractivity contribution in [1.29, 1.82) is 0 Å². The first kappa shape index (κ1) is 13.6. The fraction of sp³-hybridized carbons (Fsp3) is 0.750. The van der Waals surface area contributed by atoms with Crippen LogP contribution in [0, 0.1) is 12.8 Å². The predicted molar refractivity (Wildman–Crippen MR) is 78.5 cm³/mol. The molecule has 0 radical (unpaired) electrons. The number of aliphatic hydroxyl groups excluding tert-OH is 1. The Kier molecular flexibility index (Phi) is 3.97. The number of hydrogen-bond acceptors (Lipinski definition) is 3. The summed E-state index contributed by atoms with van der Waals surface area (Å²) < 4.78 is 6.13. The van der Waals surface area contributed by atoms with Gasteiger partial charge < -0.3 is 9.84 Å². The molecule has 19 heavy (non-hydrogen) atoms. The average Bonchev–Trinajstić information content (AvgIpc) is 2.85. The zero-order valence-electron chi connectivity index (χ0n) is 11.7. The summed E-state index contributed by atoms with van der Waals surface area (Å²) in [5.41, 5.74) is 2.47. The van der Waals surface area contributed by atoms with Crippen molar-refractivity contribution in [2.75, 3.05) is 6.61 Å². The Morgan fingerprint density at radius 2 is 2.11 bits per heavy atom. The molecule has 1 aliphatic heterocycles. The molecule has 1 aromatic heterocycles. The van der Waals surface area contributed by atoms with E-state index in [-0.39, 0.29) is 11.7 Å². The summed E-state index contributed by atoms with van der Waals surface area (Å²) in [4.78, 5) is 0. The molecular weight excluding hydrogens is 256 g/mol. The van der Waals surface area contributed by atoms with Gasteiger partial charge in [-0.2, -0.15) is 11.3 Å². The summed E-state index contributed by atoms with van der Waals surface area (Å²) in [5, 5.41) is 14.9. The third kappa shape index (κ3) is 2.74. The van der Waals surface area contributed by atoms with Gasteiger partial charge in [-0.3, -0.25) is 0 Å². The number of hydrogen-bond donors (Lipinski definition) is 1. The first-order chi connectivity index (χ1) is 9.20. The second-order valence-corrected chi connectivity index (χ2v) is 7.04. The number of aryl methyl sites for hydroxylation is 1. The lowest BCUT2D eigenvalue weighted by atomic mass is 9.74. The lowest BCUT2D eigenvalue weighted by molar-refractivity contribution is -0.134. The molecule has 106 valence electrons. The van der Waals surface area contributed by atoms with Gasteiger partial charge >= 0.3 is 0 Å². The van der Waals surface area contributed by atoms with Crippen molar-refractivity contribution >= 4 is 11.3 Å². The van der Waals surface area contributed by atoms with E-state index in [0.717, 1.165) is 25.0 Å². The molecule has 2 fully saturated rings. The van der Waals surface area contributed by atoms with Crippen LogP contribution in [-0.4, -0.2) is 17.3 Å². The van der Waals surface area contributed by atoms with Gasteiger partial charge in [0.25, 0.3) is 0 Å². The van der Waals surface area contributed by atoms with Crippen LogP contribution in [0.15, 0.2) is 10.8 Å². The Hall–Kier alpha value is -0.380. The molecule has 3 heteroatoms. The number of thiophene rings is 1. The highest BCUT2D eigenvalue weighted by Gasteiger charge is 2.40. The van der Waals surface area contributed by atoms with Crippen LogP contribution in [0.3, 0.4) is 0 Å². The predicted octanol–water partition coefficient (Wildman–Crippen LogP) is 4.22. The molecule has 0 bridgehead atoms. The number of ether oxygens (including phenoxy) is 1. The van der Waals surface area contributed by atoms with Gasteiger partial charge in [0.1, 0.15) is 0 Å². The maximum absolute atomic E-state index is 10.7. The van der Waals surface area contributed by atoms with E-state index in [1.807, 2.05) is 0 Å². The van der Waals surface area contributed by atoms with Crippen molar-refractivity contribution in [3.63, 3.8) is 0 Å². The van der Waals surface area contributed by atoms with Crippen LogP contribution in [0.25, 0.3) is 0 Å². The van der Waals surface area contributed by atoms with Crippen LogP contribution in [-0.2, 0) is 4.74 Å². The molecule has 3 rings (SSSR count). The highest BCUT2D eigenvalue weighted by molar-refractivity contribution is 7.08. The SMILES string of the molecule is Cc1cscc1C(O)C1CCOC2(CCCCC2)C1. The van der Waals surface area contributed by atoms with Crippen LogP contribution in [0.5, 0.6) is 0 Å². The molecule has 1 aromatic rings. The van der Waals surface area contributed by atoms with Gasteiger partial charge in [-0.1, -0.05) is 19.3 Å². The molecule has 2 heterocycles. The minimum Gasteiger partial charge on any atom is -0.388 e. The standard InChI is InChI=1S/C16H24O2S/c1-12-10-19-11-14(12)15(17)13-5-8-18-16(9-13)6-3-2-4-7-16/h10-11,13,15,17H,2-9H2,1H3. The molecule has 1 saturated heterocycles. The minimum absolute atomic E-state index is 0.0894. The fourth-order valence-corrected chi connectivity index (χ4v) is 4.69. The molecule has 0 aromatic carbocycles. The van der Waals surface area contributed by atoms with E-state index >= 15 is 0 Å². The molecule has 1 saturated carbocycles.